The highest BCUT2D eigenvalue weighted by Gasteiger charge is 2.47. The summed E-state index contributed by atoms with van der Waals surface area (Å²) in [5.74, 6) is 5.07. The predicted molar refractivity (Wildman–Crippen MR) is 123 cm³/mol. The molecule has 0 aromatic carbocycles. The van der Waals surface area contributed by atoms with Gasteiger partial charge in [0.25, 0.3) is 11.6 Å². The molecule has 4 rings (SSSR count). The van der Waals surface area contributed by atoms with Crippen molar-refractivity contribution in [1.82, 2.24) is 20.0 Å². The molecule has 4 unspecified atom stereocenters. The summed E-state index contributed by atoms with van der Waals surface area (Å²) in [6.07, 6.45) is 3.96. The van der Waals surface area contributed by atoms with E-state index in [1.54, 1.807) is 26.1 Å². The topological polar surface area (TPSA) is 170 Å². The molecule has 0 aliphatic heterocycles. The number of fused-ring (bicyclic) bond motifs is 1. The number of carboxylic acids is 1. The summed E-state index contributed by atoms with van der Waals surface area (Å²) in [5.41, 5.74) is 7.04. The number of hydrogen-bond acceptors (Lipinski definition) is 9. The number of pyridine rings is 1. The number of carboxylic acid groups (broad SMARTS) is 1. The number of hydrazine groups is 1. The van der Waals surface area contributed by atoms with Crippen LogP contribution in [0.3, 0.4) is 0 Å². The van der Waals surface area contributed by atoms with Gasteiger partial charge in [-0.15, -0.1) is 0 Å². The van der Waals surface area contributed by atoms with Gasteiger partial charge in [0.2, 0.25) is 5.82 Å². The molecule has 2 fully saturated rings. The molecule has 2 aromatic heterocycles. The molecule has 12 heteroatoms. The van der Waals surface area contributed by atoms with Crippen LogP contribution in [-0.2, 0) is 4.79 Å². The molecule has 2 heterocycles. The molecule has 188 valence electrons. The van der Waals surface area contributed by atoms with E-state index in [-0.39, 0.29) is 36.3 Å². The van der Waals surface area contributed by atoms with Gasteiger partial charge in [0, 0.05) is 7.05 Å². The van der Waals surface area contributed by atoms with Crippen molar-refractivity contribution in [3.05, 3.63) is 51.6 Å². The molecule has 35 heavy (non-hydrogen) atoms. The van der Waals surface area contributed by atoms with Gasteiger partial charge >= 0.3 is 5.97 Å². The number of ether oxygens (including phenoxy) is 2. The van der Waals surface area contributed by atoms with Crippen LogP contribution < -0.4 is 26.6 Å². The molecule has 0 amide bonds. The SMILES string of the molecule is Cc1nc(/C(N)=C(\COc2ncc(F)c(=O)[nH]2)N(C)N)ccc1OC1CC2CCC(C(=O)O)C2C1. The largest absolute Gasteiger partial charge is 0.489 e. The summed E-state index contributed by atoms with van der Waals surface area (Å²) in [6, 6.07) is 3.30. The van der Waals surface area contributed by atoms with Crippen LogP contribution >= 0.6 is 0 Å². The molecule has 2 saturated carbocycles. The van der Waals surface area contributed by atoms with Crippen LogP contribution in [0.25, 0.3) is 5.70 Å². The summed E-state index contributed by atoms with van der Waals surface area (Å²) in [4.78, 5) is 33.3. The Morgan fingerprint density at radius 2 is 2.11 bits per heavy atom. The minimum Gasteiger partial charge on any atom is -0.489 e. The molecular formula is C23H29FN6O5. The maximum Gasteiger partial charge on any atom is 0.306 e. The number of H-pyrrole nitrogens is 1. The predicted octanol–water partition coefficient (Wildman–Crippen LogP) is 1.39. The molecule has 4 atom stereocenters. The van der Waals surface area contributed by atoms with Crippen LogP contribution in [0.4, 0.5) is 4.39 Å². The third-order valence-electron chi connectivity index (χ3n) is 6.81. The number of nitrogens with one attached hydrogen (secondary N) is 1. The first kappa shape index (κ1) is 24.5. The molecule has 0 spiro atoms. The van der Waals surface area contributed by atoms with E-state index in [4.69, 9.17) is 21.1 Å². The summed E-state index contributed by atoms with van der Waals surface area (Å²) >= 11 is 0. The van der Waals surface area contributed by atoms with Crippen molar-refractivity contribution < 1.29 is 23.8 Å². The number of carbonyl (C=O) groups is 1. The molecule has 6 N–H and O–H groups in total. The minimum absolute atomic E-state index is 0.0455. The standard InChI is InChI=1S/C23H29FN6O5/c1-11-19(35-13-7-12-3-4-14(22(32)33)15(12)8-13)6-5-17(28-11)20(25)18(30(2)26)10-34-23-27-9-16(24)21(31)29-23/h5-6,9,12-15H,3-4,7-8,10,25-26H2,1-2H3,(H,32,33)(H,27,29,31)/b20-18-. The lowest BCUT2D eigenvalue weighted by Gasteiger charge is -2.20. The molecular weight excluding hydrogens is 459 g/mol. The average Bonchev–Trinajstić information content (AvgIpc) is 3.37. The molecule has 2 aliphatic carbocycles. The van der Waals surface area contributed by atoms with Gasteiger partial charge in [0.1, 0.15) is 12.4 Å². The number of aliphatic carboxylic acids is 1. The first-order chi connectivity index (χ1) is 16.6. The Kier molecular flexibility index (Phi) is 6.92. The van der Waals surface area contributed by atoms with Gasteiger partial charge in [-0.25, -0.2) is 15.8 Å². The Morgan fingerprint density at radius 1 is 1.34 bits per heavy atom. The van der Waals surface area contributed by atoms with E-state index >= 15 is 0 Å². The number of nitrogens with two attached hydrogens (primary N) is 2. The molecule has 0 bridgehead atoms. The number of likely N-dealkylation sites (N-methyl/N-ethyl adjacent to an activating group) is 1. The Balaban J connectivity index is 1.46. The third kappa shape index (κ3) is 5.21. The van der Waals surface area contributed by atoms with Crippen LogP contribution in [0, 0.1) is 30.5 Å². The van der Waals surface area contributed by atoms with E-state index in [0.717, 1.165) is 31.9 Å². The van der Waals surface area contributed by atoms with Gasteiger partial charge in [-0.2, -0.15) is 4.39 Å². The first-order valence-corrected chi connectivity index (χ1v) is 11.4. The quantitative estimate of drug-likeness (QED) is 0.314. The Labute approximate surface area is 200 Å². The highest BCUT2D eigenvalue weighted by atomic mass is 19.1. The maximum atomic E-state index is 13.1. The van der Waals surface area contributed by atoms with Gasteiger partial charge in [-0.05, 0) is 56.6 Å². The van der Waals surface area contributed by atoms with Gasteiger partial charge in [-0.1, -0.05) is 0 Å². The van der Waals surface area contributed by atoms with Crippen molar-refractivity contribution >= 4 is 11.7 Å². The fraction of sp³-hybridized carbons (Fsp3) is 0.478. The highest BCUT2D eigenvalue weighted by Crippen LogP contribution is 2.48. The number of hydrogen-bond donors (Lipinski definition) is 4. The summed E-state index contributed by atoms with van der Waals surface area (Å²) in [7, 11) is 1.57. The van der Waals surface area contributed by atoms with E-state index in [2.05, 4.69) is 15.0 Å². The highest BCUT2D eigenvalue weighted by molar-refractivity contribution is 5.71. The fourth-order valence-corrected chi connectivity index (χ4v) is 5.03. The van der Waals surface area contributed by atoms with E-state index in [1.165, 1.54) is 5.01 Å². The van der Waals surface area contributed by atoms with E-state index in [0.29, 0.717) is 28.8 Å². The van der Waals surface area contributed by atoms with Gasteiger partial charge in [0.15, 0.2) is 0 Å². The summed E-state index contributed by atoms with van der Waals surface area (Å²) in [5, 5.41) is 10.7. The fourth-order valence-electron chi connectivity index (χ4n) is 5.03. The van der Waals surface area contributed by atoms with Crippen LogP contribution in [0.1, 0.15) is 37.1 Å². The molecule has 0 saturated heterocycles. The van der Waals surface area contributed by atoms with E-state index in [9.17, 15) is 19.1 Å². The van der Waals surface area contributed by atoms with Crippen LogP contribution in [0.15, 0.2) is 28.8 Å². The Bertz CT molecular complexity index is 1200. The van der Waals surface area contributed by atoms with Crippen molar-refractivity contribution in [2.24, 2.45) is 29.3 Å². The zero-order valence-corrected chi connectivity index (χ0v) is 19.5. The number of rotatable bonds is 8. The number of halogens is 1. The van der Waals surface area contributed by atoms with Gasteiger partial charge in [0.05, 0.1) is 41.0 Å². The maximum absolute atomic E-state index is 13.1. The molecule has 2 aromatic rings. The molecule has 2 aliphatic rings. The Morgan fingerprint density at radius 3 is 2.77 bits per heavy atom. The van der Waals surface area contributed by atoms with E-state index in [1.807, 2.05) is 0 Å². The lowest BCUT2D eigenvalue weighted by Crippen LogP contribution is -2.31. The second kappa shape index (κ2) is 9.90. The normalized spacial score (nSPS) is 24.0. The van der Waals surface area contributed by atoms with Gasteiger partial charge in [-0.3, -0.25) is 14.6 Å². The average molecular weight is 489 g/mol. The van der Waals surface area contributed by atoms with Crippen LogP contribution in [0.5, 0.6) is 11.8 Å². The zero-order chi connectivity index (χ0) is 25.3. The first-order valence-electron chi connectivity index (χ1n) is 11.4. The lowest BCUT2D eigenvalue weighted by molar-refractivity contribution is -0.143. The van der Waals surface area contributed by atoms with Crippen molar-refractivity contribution in [2.45, 2.75) is 38.7 Å². The third-order valence-corrected chi connectivity index (χ3v) is 6.81. The Hall–Kier alpha value is -3.67. The van der Waals surface area contributed by atoms with Crippen molar-refractivity contribution in [3.8, 4) is 11.8 Å². The van der Waals surface area contributed by atoms with Crippen molar-refractivity contribution in [1.29, 1.82) is 0 Å². The lowest BCUT2D eigenvalue weighted by atomic mass is 9.92. The summed E-state index contributed by atoms with van der Waals surface area (Å²) < 4.78 is 24.7. The smallest absolute Gasteiger partial charge is 0.306 e. The number of aromatic nitrogens is 3. The van der Waals surface area contributed by atoms with Gasteiger partial charge < -0.3 is 25.3 Å². The number of nitrogens with zero attached hydrogens (tertiary/aromatic N) is 3. The molecule has 0 radical (unpaired) electrons. The van der Waals surface area contributed by atoms with Crippen molar-refractivity contribution in [2.75, 3.05) is 13.7 Å². The summed E-state index contributed by atoms with van der Waals surface area (Å²) in [6.45, 7) is 1.65. The monoisotopic (exact) mass is 488 g/mol. The minimum atomic E-state index is -1.02. The number of aromatic amines is 1. The van der Waals surface area contributed by atoms with E-state index < -0.39 is 17.3 Å². The molecule has 11 nitrogen and oxygen atoms in total. The number of aryl methyl sites for hydroxylation is 1. The van der Waals surface area contributed by atoms with Crippen molar-refractivity contribution in [3.63, 3.8) is 0 Å². The van der Waals surface area contributed by atoms with Crippen LogP contribution in [0.2, 0.25) is 0 Å². The zero-order valence-electron chi connectivity index (χ0n) is 19.5. The second-order valence-corrected chi connectivity index (χ2v) is 9.06. The second-order valence-electron chi connectivity index (χ2n) is 9.06. The van der Waals surface area contributed by atoms with Crippen LogP contribution in [-0.4, -0.2) is 50.8 Å².